The molecule has 0 fully saturated rings. The molecule has 0 unspecified atom stereocenters. The zero-order valence-electron chi connectivity index (χ0n) is 13.5. The minimum atomic E-state index is -0.120. The molecule has 0 radical (unpaired) electrons. The molecule has 0 saturated carbocycles. The van der Waals surface area contributed by atoms with Gasteiger partial charge in [-0.15, -0.1) is 0 Å². The number of ether oxygens (including phenoxy) is 1. The molecular weight excluding hydrogens is 318 g/mol. The smallest absolute Gasteiger partial charge is 0.228 e. The van der Waals surface area contributed by atoms with E-state index in [1.54, 1.807) is 18.2 Å². The molecule has 2 heterocycles. The minimum absolute atomic E-state index is 0.0963. The predicted octanol–water partition coefficient (Wildman–Crippen LogP) is 3.07. The lowest BCUT2D eigenvalue weighted by Crippen LogP contribution is -2.14. The lowest BCUT2D eigenvalue weighted by atomic mass is 10.1. The van der Waals surface area contributed by atoms with E-state index in [2.05, 4.69) is 15.6 Å². The van der Waals surface area contributed by atoms with Crippen molar-refractivity contribution < 1.29 is 14.3 Å². The van der Waals surface area contributed by atoms with Gasteiger partial charge in [-0.1, -0.05) is 18.2 Å². The molecule has 0 saturated heterocycles. The average Bonchev–Trinajstić information content (AvgIpc) is 2.89. The SMILES string of the molecule is O=C(Cc1c[nH]c2ccccc12)Nc1ccc2c(c1)NC(=O)CCO2. The summed E-state index contributed by atoms with van der Waals surface area (Å²) in [5, 5.41) is 6.70. The summed E-state index contributed by atoms with van der Waals surface area (Å²) in [7, 11) is 0. The van der Waals surface area contributed by atoms with E-state index in [4.69, 9.17) is 4.74 Å². The van der Waals surface area contributed by atoms with Crippen LogP contribution in [0.25, 0.3) is 10.9 Å². The van der Waals surface area contributed by atoms with Gasteiger partial charge in [0.15, 0.2) is 0 Å². The van der Waals surface area contributed by atoms with Crippen molar-refractivity contribution in [3.8, 4) is 5.75 Å². The van der Waals surface area contributed by atoms with Crippen LogP contribution in [0.4, 0.5) is 11.4 Å². The van der Waals surface area contributed by atoms with Crippen LogP contribution in [0.3, 0.4) is 0 Å². The molecule has 0 bridgehead atoms. The maximum atomic E-state index is 12.4. The topological polar surface area (TPSA) is 83.2 Å². The van der Waals surface area contributed by atoms with Crippen LogP contribution in [-0.4, -0.2) is 23.4 Å². The maximum Gasteiger partial charge on any atom is 0.228 e. The Balaban J connectivity index is 1.50. The molecule has 25 heavy (non-hydrogen) atoms. The first-order chi connectivity index (χ1) is 12.2. The van der Waals surface area contributed by atoms with E-state index in [0.717, 1.165) is 16.5 Å². The second-order valence-corrected chi connectivity index (χ2v) is 5.94. The van der Waals surface area contributed by atoms with Gasteiger partial charge in [0.05, 0.1) is 25.1 Å². The van der Waals surface area contributed by atoms with Crippen LogP contribution in [-0.2, 0) is 16.0 Å². The Hall–Kier alpha value is -3.28. The molecule has 3 N–H and O–H groups in total. The molecule has 6 nitrogen and oxygen atoms in total. The summed E-state index contributed by atoms with van der Waals surface area (Å²) in [4.78, 5) is 27.2. The fourth-order valence-corrected chi connectivity index (χ4v) is 2.95. The number of H-pyrrole nitrogens is 1. The Morgan fingerprint density at radius 3 is 3.00 bits per heavy atom. The van der Waals surface area contributed by atoms with Crippen molar-refractivity contribution in [3.05, 3.63) is 54.2 Å². The number of carbonyl (C=O) groups excluding carboxylic acids is 2. The number of para-hydroxylation sites is 1. The molecule has 1 aromatic heterocycles. The number of carbonyl (C=O) groups is 2. The van der Waals surface area contributed by atoms with Gasteiger partial charge in [-0.05, 0) is 29.8 Å². The van der Waals surface area contributed by atoms with Gasteiger partial charge < -0.3 is 20.4 Å². The second kappa shape index (κ2) is 6.32. The molecule has 4 rings (SSSR count). The first kappa shape index (κ1) is 15.3. The molecule has 0 atom stereocenters. The molecule has 126 valence electrons. The molecule has 0 aliphatic carbocycles. The second-order valence-electron chi connectivity index (χ2n) is 5.94. The number of benzene rings is 2. The van der Waals surface area contributed by atoms with E-state index < -0.39 is 0 Å². The number of rotatable bonds is 3. The number of hydrogen-bond acceptors (Lipinski definition) is 3. The van der Waals surface area contributed by atoms with Gasteiger partial charge in [0.2, 0.25) is 11.8 Å². The summed E-state index contributed by atoms with van der Waals surface area (Å²) in [6, 6.07) is 13.1. The number of aromatic amines is 1. The predicted molar refractivity (Wildman–Crippen MR) is 95.8 cm³/mol. The fraction of sp³-hybridized carbons (Fsp3) is 0.158. The average molecular weight is 335 g/mol. The highest BCUT2D eigenvalue weighted by Gasteiger charge is 2.15. The van der Waals surface area contributed by atoms with E-state index in [1.165, 1.54) is 0 Å². The third-order valence-electron chi connectivity index (χ3n) is 4.15. The molecule has 0 spiro atoms. The Bertz CT molecular complexity index is 961. The number of nitrogens with one attached hydrogen (secondary N) is 3. The maximum absolute atomic E-state index is 12.4. The van der Waals surface area contributed by atoms with Crippen LogP contribution in [0.5, 0.6) is 5.75 Å². The lowest BCUT2D eigenvalue weighted by molar-refractivity contribution is -0.116. The number of anilines is 2. The quantitative estimate of drug-likeness (QED) is 0.688. The fourth-order valence-electron chi connectivity index (χ4n) is 2.95. The van der Waals surface area contributed by atoms with Crippen molar-refractivity contribution in [2.75, 3.05) is 17.2 Å². The number of fused-ring (bicyclic) bond motifs is 2. The molecule has 6 heteroatoms. The van der Waals surface area contributed by atoms with Gasteiger partial charge in [0.25, 0.3) is 0 Å². The van der Waals surface area contributed by atoms with Crippen molar-refractivity contribution >= 4 is 34.1 Å². The van der Waals surface area contributed by atoms with Gasteiger partial charge in [-0.3, -0.25) is 9.59 Å². The first-order valence-corrected chi connectivity index (χ1v) is 8.10. The van der Waals surface area contributed by atoms with Crippen molar-refractivity contribution in [2.45, 2.75) is 12.8 Å². The number of hydrogen-bond donors (Lipinski definition) is 3. The third-order valence-corrected chi connectivity index (χ3v) is 4.15. The standard InChI is InChI=1S/C19H17N3O3/c23-18-7-8-25-17-6-5-13(10-16(17)22-18)21-19(24)9-12-11-20-15-4-2-1-3-14(12)15/h1-6,10-11,20H,7-9H2,(H,21,24)(H,22,23). The highest BCUT2D eigenvalue weighted by Crippen LogP contribution is 2.30. The van der Waals surface area contributed by atoms with Crippen LogP contribution in [0.2, 0.25) is 0 Å². The molecule has 1 aliphatic rings. The van der Waals surface area contributed by atoms with Gasteiger partial charge in [0.1, 0.15) is 5.75 Å². The lowest BCUT2D eigenvalue weighted by Gasteiger charge is -2.10. The number of amides is 2. The monoisotopic (exact) mass is 335 g/mol. The van der Waals surface area contributed by atoms with Crippen LogP contribution >= 0.6 is 0 Å². The van der Waals surface area contributed by atoms with Crippen LogP contribution in [0.15, 0.2) is 48.7 Å². The Labute approximate surface area is 144 Å². The highest BCUT2D eigenvalue weighted by molar-refractivity contribution is 5.98. The molecule has 3 aromatic rings. The van der Waals surface area contributed by atoms with Gasteiger partial charge in [-0.25, -0.2) is 0 Å². The van der Waals surface area contributed by atoms with Crippen molar-refractivity contribution in [1.82, 2.24) is 4.98 Å². The van der Waals surface area contributed by atoms with Gasteiger partial charge in [-0.2, -0.15) is 0 Å². The van der Waals surface area contributed by atoms with Crippen LogP contribution < -0.4 is 15.4 Å². The number of aromatic nitrogens is 1. The summed E-state index contributed by atoms with van der Waals surface area (Å²) < 4.78 is 5.51. The summed E-state index contributed by atoms with van der Waals surface area (Å²) >= 11 is 0. The van der Waals surface area contributed by atoms with Crippen LogP contribution in [0, 0.1) is 0 Å². The molecule has 2 aromatic carbocycles. The van der Waals surface area contributed by atoms with E-state index in [-0.39, 0.29) is 18.2 Å². The Morgan fingerprint density at radius 1 is 1.20 bits per heavy atom. The first-order valence-electron chi connectivity index (χ1n) is 8.10. The van der Waals surface area contributed by atoms with E-state index >= 15 is 0 Å². The molecular formula is C19H17N3O3. The van der Waals surface area contributed by atoms with Gasteiger partial charge in [0, 0.05) is 22.8 Å². The van der Waals surface area contributed by atoms with Crippen molar-refractivity contribution in [2.24, 2.45) is 0 Å². The molecule has 2 amide bonds. The zero-order chi connectivity index (χ0) is 17.2. The summed E-state index contributed by atoms with van der Waals surface area (Å²) in [6.45, 7) is 0.352. The van der Waals surface area contributed by atoms with E-state index in [0.29, 0.717) is 30.2 Å². The highest BCUT2D eigenvalue weighted by atomic mass is 16.5. The van der Waals surface area contributed by atoms with Crippen molar-refractivity contribution in [3.63, 3.8) is 0 Å². The minimum Gasteiger partial charge on any atom is -0.491 e. The normalized spacial score (nSPS) is 13.5. The zero-order valence-corrected chi connectivity index (χ0v) is 13.5. The Morgan fingerprint density at radius 2 is 2.08 bits per heavy atom. The third kappa shape index (κ3) is 3.19. The summed E-state index contributed by atoms with van der Waals surface area (Å²) in [5.74, 6) is 0.395. The largest absolute Gasteiger partial charge is 0.491 e. The Kier molecular flexibility index (Phi) is 3.85. The van der Waals surface area contributed by atoms with Gasteiger partial charge >= 0.3 is 0 Å². The molecule has 1 aliphatic heterocycles. The van der Waals surface area contributed by atoms with Crippen LogP contribution in [0.1, 0.15) is 12.0 Å². The van der Waals surface area contributed by atoms with E-state index in [1.807, 2.05) is 30.5 Å². The van der Waals surface area contributed by atoms with Crippen molar-refractivity contribution in [1.29, 1.82) is 0 Å². The van der Waals surface area contributed by atoms with E-state index in [9.17, 15) is 9.59 Å². The summed E-state index contributed by atoms with van der Waals surface area (Å²) in [5.41, 5.74) is 3.15. The summed E-state index contributed by atoms with van der Waals surface area (Å²) in [6.07, 6.45) is 2.44.